The molecule has 0 atom stereocenters. The van der Waals surface area contributed by atoms with Crippen LogP contribution < -0.4 is 5.32 Å². The Labute approximate surface area is 280 Å². The quantitative estimate of drug-likeness (QED) is 0.262. The van der Waals surface area contributed by atoms with Gasteiger partial charge in [-0.1, -0.05) is 12.1 Å². The number of nitrogens with one attached hydrogen (secondary N) is 2. The lowest BCUT2D eigenvalue weighted by molar-refractivity contribution is -0.192. The number of aromatic amines is 1. The number of amides is 1. The molecule has 3 heterocycles. The molecule has 1 aromatic heterocycles. The first kappa shape index (κ1) is 35.1. The Kier molecular flexibility index (Phi) is 10.4. The van der Waals surface area contributed by atoms with E-state index in [4.69, 9.17) is 20.4 Å². The molecule has 1 fully saturated rings. The second-order valence-electron chi connectivity index (χ2n) is 11.7. The standard InChI is InChI=1S/C32H30N6O3S.C2HF3O2/c33-18-22-1-3-24(4-2-22)20-37-14-11-26(12-15-37)35-32(39)25-7-10-30-28(17-25)29-21-38(16-13-31(29)36-30)42(40,41)27-8-5-23(19-34)6-9-27;3-2(4,5)1(6)7/h1-10,17,26,36H,11-16,20-21H2,(H,35,39);(H,6,7). The number of sulfonamides is 1. The van der Waals surface area contributed by atoms with E-state index in [1.807, 2.05) is 48.5 Å². The predicted octanol–water partition coefficient (Wildman–Crippen LogP) is 4.69. The highest BCUT2D eigenvalue weighted by atomic mass is 32.2. The third kappa shape index (κ3) is 8.26. The number of rotatable bonds is 6. The van der Waals surface area contributed by atoms with Gasteiger partial charge in [0.15, 0.2) is 0 Å². The molecule has 0 unspecified atom stereocenters. The second kappa shape index (κ2) is 14.5. The van der Waals surface area contributed by atoms with Gasteiger partial charge in [-0.25, -0.2) is 13.2 Å². The number of fused-ring (bicyclic) bond motifs is 3. The fraction of sp³-hybridized carbons (Fsp3) is 0.294. The monoisotopic (exact) mass is 692 g/mol. The van der Waals surface area contributed by atoms with Crippen LogP contribution in [0.15, 0.2) is 71.6 Å². The minimum atomic E-state index is -5.08. The lowest BCUT2D eigenvalue weighted by Crippen LogP contribution is -2.44. The van der Waals surface area contributed by atoms with E-state index in [0.717, 1.165) is 54.6 Å². The van der Waals surface area contributed by atoms with E-state index in [0.29, 0.717) is 29.7 Å². The van der Waals surface area contributed by atoms with Gasteiger partial charge >= 0.3 is 12.1 Å². The van der Waals surface area contributed by atoms with E-state index in [1.165, 1.54) is 34.1 Å². The van der Waals surface area contributed by atoms with Crippen LogP contribution in [0.1, 0.15) is 51.1 Å². The highest BCUT2D eigenvalue weighted by Gasteiger charge is 2.38. The van der Waals surface area contributed by atoms with Crippen LogP contribution in [0.25, 0.3) is 10.9 Å². The molecule has 4 aromatic rings. The molecule has 15 heteroatoms. The molecule has 0 radical (unpaired) electrons. The Hall–Kier alpha value is -5.22. The van der Waals surface area contributed by atoms with E-state index in [1.54, 1.807) is 0 Å². The van der Waals surface area contributed by atoms with Gasteiger partial charge in [0, 0.05) is 67.3 Å². The molecule has 49 heavy (non-hydrogen) atoms. The van der Waals surface area contributed by atoms with Crippen molar-refractivity contribution >= 4 is 32.8 Å². The second-order valence-corrected chi connectivity index (χ2v) is 13.6. The number of nitriles is 2. The summed E-state index contributed by atoms with van der Waals surface area (Å²) in [6.07, 6.45) is -2.83. The molecule has 2 aliphatic rings. The number of hydrogen-bond donors (Lipinski definition) is 3. The van der Waals surface area contributed by atoms with Crippen molar-refractivity contribution in [3.8, 4) is 12.1 Å². The summed E-state index contributed by atoms with van der Waals surface area (Å²) in [6, 6.07) is 23.4. The molecule has 0 spiro atoms. The molecule has 2 aliphatic heterocycles. The number of carboxylic acids is 1. The zero-order valence-corrected chi connectivity index (χ0v) is 26.8. The molecule has 0 aliphatic carbocycles. The van der Waals surface area contributed by atoms with Crippen LogP contribution in [0.4, 0.5) is 13.2 Å². The van der Waals surface area contributed by atoms with Gasteiger partial charge in [0.05, 0.1) is 28.2 Å². The first-order valence-electron chi connectivity index (χ1n) is 15.2. The minimum Gasteiger partial charge on any atom is -0.475 e. The summed E-state index contributed by atoms with van der Waals surface area (Å²) >= 11 is 0. The molecule has 1 saturated heterocycles. The van der Waals surface area contributed by atoms with Crippen LogP contribution in [0, 0.1) is 22.7 Å². The van der Waals surface area contributed by atoms with Gasteiger partial charge < -0.3 is 15.4 Å². The largest absolute Gasteiger partial charge is 0.490 e. The van der Waals surface area contributed by atoms with Crippen molar-refractivity contribution < 1.29 is 36.3 Å². The highest BCUT2D eigenvalue weighted by molar-refractivity contribution is 7.89. The maximum atomic E-state index is 13.4. The zero-order valence-electron chi connectivity index (χ0n) is 26.0. The lowest BCUT2D eigenvalue weighted by atomic mass is 10.0. The normalized spacial score (nSPS) is 15.7. The predicted molar refractivity (Wildman–Crippen MR) is 171 cm³/mol. The molecule has 11 nitrogen and oxygen atoms in total. The Morgan fingerprint density at radius 2 is 1.53 bits per heavy atom. The maximum absolute atomic E-state index is 13.4. The van der Waals surface area contributed by atoms with E-state index in [-0.39, 0.29) is 23.4 Å². The molecular weight excluding hydrogens is 661 g/mol. The molecule has 0 bridgehead atoms. The van der Waals surface area contributed by atoms with Crippen LogP contribution in [-0.2, 0) is 34.3 Å². The first-order valence-corrected chi connectivity index (χ1v) is 16.7. The molecule has 3 aromatic carbocycles. The average molecular weight is 693 g/mol. The number of halogens is 3. The number of aliphatic carboxylic acids is 1. The summed E-state index contributed by atoms with van der Waals surface area (Å²) in [6.45, 7) is 3.12. The van der Waals surface area contributed by atoms with Gasteiger partial charge in [0.2, 0.25) is 10.0 Å². The van der Waals surface area contributed by atoms with Crippen molar-refractivity contribution in [3.05, 3.63) is 100 Å². The van der Waals surface area contributed by atoms with Gasteiger partial charge in [-0.15, -0.1) is 0 Å². The van der Waals surface area contributed by atoms with Gasteiger partial charge in [-0.05, 0) is 78.6 Å². The summed E-state index contributed by atoms with van der Waals surface area (Å²) in [4.78, 5) is 28.1. The summed E-state index contributed by atoms with van der Waals surface area (Å²) in [5.74, 6) is -2.89. The Bertz CT molecular complexity index is 2040. The summed E-state index contributed by atoms with van der Waals surface area (Å²) in [5, 5.41) is 29.2. The number of piperidine rings is 1. The van der Waals surface area contributed by atoms with Crippen LogP contribution in [0.3, 0.4) is 0 Å². The van der Waals surface area contributed by atoms with E-state index >= 15 is 0 Å². The molecular formula is C34H31F3N6O5S. The maximum Gasteiger partial charge on any atom is 0.490 e. The number of alkyl halides is 3. The number of carbonyl (C=O) groups excluding carboxylic acids is 1. The third-order valence-corrected chi connectivity index (χ3v) is 10.3. The van der Waals surface area contributed by atoms with Gasteiger partial charge in [0.1, 0.15) is 0 Å². The molecule has 1 amide bonds. The number of hydrogen-bond acceptors (Lipinski definition) is 7. The van der Waals surface area contributed by atoms with Gasteiger partial charge in [-0.2, -0.15) is 28.0 Å². The van der Waals surface area contributed by atoms with Gasteiger partial charge in [0.25, 0.3) is 5.91 Å². The lowest BCUT2D eigenvalue weighted by Gasteiger charge is -2.32. The number of benzene rings is 3. The molecule has 0 saturated carbocycles. The van der Waals surface area contributed by atoms with E-state index < -0.39 is 22.2 Å². The van der Waals surface area contributed by atoms with Crippen LogP contribution in [-0.4, -0.2) is 71.4 Å². The Balaban J connectivity index is 0.000000606. The Morgan fingerprint density at radius 3 is 2.10 bits per heavy atom. The fourth-order valence-electron chi connectivity index (χ4n) is 5.83. The van der Waals surface area contributed by atoms with Crippen molar-refractivity contribution in [2.45, 2.75) is 49.5 Å². The smallest absolute Gasteiger partial charge is 0.475 e. The zero-order chi connectivity index (χ0) is 35.3. The average Bonchev–Trinajstić information content (AvgIpc) is 3.46. The number of carbonyl (C=O) groups is 2. The summed E-state index contributed by atoms with van der Waals surface area (Å²) < 4.78 is 59.9. The topological polar surface area (TPSA) is 170 Å². The minimum absolute atomic E-state index is 0.0820. The number of carboxylic acid groups (broad SMARTS) is 1. The third-order valence-electron chi connectivity index (χ3n) is 8.48. The van der Waals surface area contributed by atoms with Crippen molar-refractivity contribution in [1.82, 2.24) is 19.5 Å². The van der Waals surface area contributed by atoms with E-state index in [2.05, 4.69) is 21.3 Å². The van der Waals surface area contributed by atoms with Crippen LogP contribution in [0.2, 0.25) is 0 Å². The summed E-state index contributed by atoms with van der Waals surface area (Å²) in [5.41, 5.74) is 5.54. The number of aromatic nitrogens is 1. The van der Waals surface area contributed by atoms with Gasteiger partial charge in [-0.3, -0.25) is 9.69 Å². The van der Waals surface area contributed by atoms with Crippen molar-refractivity contribution in [1.29, 1.82) is 10.5 Å². The molecule has 254 valence electrons. The Morgan fingerprint density at radius 1 is 0.939 bits per heavy atom. The fourth-order valence-corrected chi connectivity index (χ4v) is 7.24. The SMILES string of the molecule is N#Cc1ccc(CN2CCC(NC(=O)c3ccc4[nH]c5c(c4c3)CN(S(=O)(=O)c3ccc(C#N)cc3)CC5)CC2)cc1.O=C(O)C(F)(F)F. The van der Waals surface area contributed by atoms with Crippen LogP contribution >= 0.6 is 0 Å². The summed E-state index contributed by atoms with van der Waals surface area (Å²) in [7, 11) is -3.74. The van der Waals surface area contributed by atoms with E-state index in [9.17, 15) is 26.4 Å². The molecule has 3 N–H and O–H groups in total. The molecule has 6 rings (SSSR count). The number of H-pyrrole nitrogens is 1. The van der Waals surface area contributed by atoms with Crippen LogP contribution in [0.5, 0.6) is 0 Å². The van der Waals surface area contributed by atoms with Crippen molar-refractivity contribution in [3.63, 3.8) is 0 Å². The highest BCUT2D eigenvalue weighted by Crippen LogP contribution is 2.31. The van der Waals surface area contributed by atoms with Crippen molar-refractivity contribution in [2.24, 2.45) is 0 Å². The number of nitrogens with zero attached hydrogens (tertiary/aromatic N) is 4. The number of likely N-dealkylation sites (tertiary alicyclic amines) is 1. The first-order chi connectivity index (χ1) is 23.3. The van der Waals surface area contributed by atoms with Crippen molar-refractivity contribution in [2.75, 3.05) is 19.6 Å².